The van der Waals surface area contributed by atoms with Crippen molar-refractivity contribution in [3.05, 3.63) is 59.1 Å². The van der Waals surface area contributed by atoms with E-state index in [4.69, 9.17) is 21.1 Å². The van der Waals surface area contributed by atoms with Gasteiger partial charge in [-0.2, -0.15) is 0 Å². The van der Waals surface area contributed by atoms with E-state index in [1.807, 2.05) is 18.2 Å². The second-order valence-electron chi connectivity index (χ2n) is 5.15. The van der Waals surface area contributed by atoms with Gasteiger partial charge < -0.3 is 9.47 Å². The number of carbonyl (C=O) groups excluding carboxylic acids is 2. The van der Waals surface area contributed by atoms with E-state index in [-0.39, 0.29) is 18.9 Å². The first-order valence-corrected chi connectivity index (χ1v) is 8.04. The van der Waals surface area contributed by atoms with Gasteiger partial charge in [0, 0.05) is 11.4 Å². The van der Waals surface area contributed by atoms with Gasteiger partial charge >= 0.3 is 0 Å². The van der Waals surface area contributed by atoms with E-state index in [1.165, 1.54) is 0 Å². The minimum Gasteiger partial charge on any atom is -0.497 e. The molecule has 0 unspecified atom stereocenters. The molecule has 0 aliphatic rings. The number of benzene rings is 2. The molecular weight excluding hydrogens is 344 g/mol. The minimum absolute atomic E-state index is 0.211. The minimum atomic E-state index is -0.457. The predicted molar refractivity (Wildman–Crippen MR) is 94.5 cm³/mol. The molecule has 0 saturated heterocycles. The van der Waals surface area contributed by atoms with Crippen molar-refractivity contribution in [3.63, 3.8) is 0 Å². The van der Waals surface area contributed by atoms with Gasteiger partial charge in [0.1, 0.15) is 11.5 Å². The molecule has 2 aromatic rings. The molecule has 0 atom stereocenters. The third kappa shape index (κ3) is 6.35. The number of carbonyl (C=O) groups is 2. The monoisotopic (exact) mass is 362 g/mol. The standard InChI is InChI=1S/C18H19ClN2O4/c1-24-14-7-9-15(10-8-14)25-12-18(23)21-20-17(22)11-6-13-4-2-3-5-16(13)19/h2-5,7-10H,6,11-12H2,1H3,(H,20,22)(H,21,23). The Labute approximate surface area is 151 Å². The molecule has 0 fully saturated rings. The molecule has 2 N–H and O–H groups in total. The quantitative estimate of drug-likeness (QED) is 0.742. The number of methoxy groups -OCH3 is 1. The number of ether oxygens (including phenoxy) is 2. The molecule has 132 valence electrons. The van der Waals surface area contributed by atoms with Crippen LogP contribution in [-0.4, -0.2) is 25.5 Å². The number of aryl methyl sites for hydroxylation is 1. The second-order valence-corrected chi connectivity index (χ2v) is 5.56. The van der Waals surface area contributed by atoms with Crippen molar-refractivity contribution < 1.29 is 19.1 Å². The van der Waals surface area contributed by atoms with Gasteiger partial charge in [0.15, 0.2) is 6.61 Å². The van der Waals surface area contributed by atoms with Crippen molar-refractivity contribution in [2.45, 2.75) is 12.8 Å². The number of hydrazine groups is 1. The van der Waals surface area contributed by atoms with Crippen LogP contribution < -0.4 is 20.3 Å². The number of hydrogen-bond donors (Lipinski definition) is 2. The summed E-state index contributed by atoms with van der Waals surface area (Å²) < 4.78 is 10.3. The lowest BCUT2D eigenvalue weighted by atomic mass is 10.1. The van der Waals surface area contributed by atoms with E-state index in [0.717, 1.165) is 5.56 Å². The van der Waals surface area contributed by atoms with Crippen molar-refractivity contribution in [1.82, 2.24) is 10.9 Å². The average molecular weight is 363 g/mol. The fraction of sp³-hybridized carbons (Fsp3) is 0.222. The Balaban J connectivity index is 1.66. The van der Waals surface area contributed by atoms with Crippen LogP contribution in [0.3, 0.4) is 0 Å². The summed E-state index contributed by atoms with van der Waals surface area (Å²) in [5.41, 5.74) is 5.53. The van der Waals surface area contributed by atoms with Crippen LogP contribution in [0.1, 0.15) is 12.0 Å². The second kappa shape index (κ2) is 9.54. The molecule has 0 bridgehead atoms. The molecule has 0 saturated carbocycles. The third-order valence-electron chi connectivity index (χ3n) is 3.35. The molecule has 0 aliphatic carbocycles. The van der Waals surface area contributed by atoms with Crippen LogP contribution in [0.2, 0.25) is 5.02 Å². The Morgan fingerprint density at radius 3 is 2.28 bits per heavy atom. The maximum atomic E-state index is 11.8. The highest BCUT2D eigenvalue weighted by Crippen LogP contribution is 2.17. The molecule has 6 nitrogen and oxygen atoms in total. The largest absolute Gasteiger partial charge is 0.497 e. The third-order valence-corrected chi connectivity index (χ3v) is 3.72. The summed E-state index contributed by atoms with van der Waals surface area (Å²) in [6, 6.07) is 14.1. The van der Waals surface area contributed by atoms with Crippen LogP contribution in [0.5, 0.6) is 11.5 Å². The Bertz CT molecular complexity index is 719. The van der Waals surface area contributed by atoms with E-state index < -0.39 is 5.91 Å². The highest BCUT2D eigenvalue weighted by molar-refractivity contribution is 6.31. The first-order valence-electron chi connectivity index (χ1n) is 7.66. The fourth-order valence-corrected chi connectivity index (χ4v) is 2.24. The number of rotatable bonds is 7. The molecule has 0 radical (unpaired) electrons. The summed E-state index contributed by atoms with van der Waals surface area (Å²) in [4.78, 5) is 23.4. The highest BCUT2D eigenvalue weighted by atomic mass is 35.5. The molecule has 25 heavy (non-hydrogen) atoms. The van der Waals surface area contributed by atoms with Gasteiger partial charge in [0.2, 0.25) is 5.91 Å². The summed E-state index contributed by atoms with van der Waals surface area (Å²) in [5, 5.41) is 0.618. The molecule has 2 aromatic carbocycles. The number of halogens is 1. The van der Waals surface area contributed by atoms with Crippen LogP contribution in [0.25, 0.3) is 0 Å². The fourth-order valence-electron chi connectivity index (χ4n) is 2.01. The highest BCUT2D eigenvalue weighted by Gasteiger charge is 2.07. The van der Waals surface area contributed by atoms with Crippen molar-refractivity contribution in [3.8, 4) is 11.5 Å². The smallest absolute Gasteiger partial charge is 0.276 e. The summed E-state index contributed by atoms with van der Waals surface area (Å²) in [7, 11) is 1.57. The van der Waals surface area contributed by atoms with E-state index in [0.29, 0.717) is 22.9 Å². The van der Waals surface area contributed by atoms with Crippen molar-refractivity contribution >= 4 is 23.4 Å². The summed E-state index contributed by atoms with van der Waals surface area (Å²) in [6.07, 6.45) is 0.701. The lowest BCUT2D eigenvalue weighted by Crippen LogP contribution is -2.43. The zero-order valence-electron chi connectivity index (χ0n) is 13.8. The summed E-state index contributed by atoms with van der Waals surface area (Å²) in [6.45, 7) is -0.211. The predicted octanol–water partition coefficient (Wildman–Crippen LogP) is 2.51. The Morgan fingerprint density at radius 1 is 0.960 bits per heavy atom. The van der Waals surface area contributed by atoms with Gasteiger partial charge in [-0.25, -0.2) is 0 Å². The van der Waals surface area contributed by atoms with E-state index in [1.54, 1.807) is 37.4 Å². The summed E-state index contributed by atoms with van der Waals surface area (Å²) in [5.74, 6) is 0.461. The van der Waals surface area contributed by atoms with Crippen molar-refractivity contribution in [2.24, 2.45) is 0 Å². The van der Waals surface area contributed by atoms with Gasteiger partial charge in [0.05, 0.1) is 7.11 Å². The first kappa shape index (κ1) is 18.6. The molecule has 0 aromatic heterocycles. The topological polar surface area (TPSA) is 76.7 Å². The van der Waals surface area contributed by atoms with Crippen LogP contribution in [0, 0.1) is 0 Å². The first-order chi connectivity index (χ1) is 12.1. The SMILES string of the molecule is COc1ccc(OCC(=O)NNC(=O)CCc2ccccc2Cl)cc1. The zero-order chi connectivity index (χ0) is 18.1. The van der Waals surface area contributed by atoms with Crippen LogP contribution in [0.4, 0.5) is 0 Å². The molecule has 0 heterocycles. The molecule has 2 rings (SSSR count). The van der Waals surface area contributed by atoms with Gasteiger partial charge in [-0.3, -0.25) is 20.4 Å². The van der Waals surface area contributed by atoms with Crippen molar-refractivity contribution in [1.29, 1.82) is 0 Å². The summed E-state index contributed by atoms with van der Waals surface area (Å²) >= 11 is 6.03. The molecule has 0 aliphatic heterocycles. The van der Waals surface area contributed by atoms with Crippen LogP contribution in [0.15, 0.2) is 48.5 Å². The lowest BCUT2D eigenvalue weighted by molar-refractivity contribution is -0.130. The molecule has 2 amide bonds. The number of hydrogen-bond acceptors (Lipinski definition) is 4. The van der Waals surface area contributed by atoms with E-state index >= 15 is 0 Å². The van der Waals surface area contributed by atoms with Crippen molar-refractivity contribution in [2.75, 3.05) is 13.7 Å². The maximum Gasteiger partial charge on any atom is 0.276 e. The zero-order valence-corrected chi connectivity index (χ0v) is 14.5. The molecule has 0 spiro atoms. The number of amides is 2. The maximum absolute atomic E-state index is 11.8. The normalized spacial score (nSPS) is 10.0. The Hall–Kier alpha value is -2.73. The van der Waals surface area contributed by atoms with E-state index in [9.17, 15) is 9.59 Å². The van der Waals surface area contributed by atoms with Crippen LogP contribution in [-0.2, 0) is 16.0 Å². The van der Waals surface area contributed by atoms with E-state index in [2.05, 4.69) is 10.9 Å². The van der Waals surface area contributed by atoms with Gasteiger partial charge in [0.25, 0.3) is 5.91 Å². The Kier molecular flexibility index (Phi) is 7.10. The average Bonchev–Trinajstić information content (AvgIpc) is 2.64. The van der Waals surface area contributed by atoms with Crippen LogP contribution >= 0.6 is 11.6 Å². The van der Waals surface area contributed by atoms with Gasteiger partial charge in [-0.1, -0.05) is 29.8 Å². The molecular formula is C18H19ClN2O4. The Morgan fingerprint density at radius 2 is 1.60 bits per heavy atom. The lowest BCUT2D eigenvalue weighted by Gasteiger charge is -2.09. The van der Waals surface area contributed by atoms with Gasteiger partial charge in [-0.05, 0) is 42.3 Å². The molecule has 7 heteroatoms. The van der Waals surface area contributed by atoms with Gasteiger partial charge in [-0.15, -0.1) is 0 Å². The number of nitrogens with one attached hydrogen (secondary N) is 2.